The Balaban J connectivity index is 3.72. The van der Waals surface area contributed by atoms with E-state index in [-0.39, 0.29) is 0 Å². The van der Waals surface area contributed by atoms with E-state index in [1.807, 2.05) is 0 Å². The van der Waals surface area contributed by atoms with E-state index in [2.05, 4.69) is 27.7 Å². The van der Waals surface area contributed by atoms with Gasteiger partial charge in [-0.25, -0.2) is 0 Å². The SMILES string of the molecule is CCCC(C)(C)[C@H](C)CCCCN. The highest BCUT2D eigenvalue weighted by Gasteiger charge is 2.23. The minimum Gasteiger partial charge on any atom is -0.330 e. The molecule has 80 valence electrons. The van der Waals surface area contributed by atoms with Crippen LogP contribution in [0.25, 0.3) is 0 Å². The fourth-order valence-electron chi connectivity index (χ4n) is 1.88. The quantitative estimate of drug-likeness (QED) is 0.603. The van der Waals surface area contributed by atoms with Crippen molar-refractivity contribution in [1.29, 1.82) is 0 Å². The fraction of sp³-hybridized carbons (Fsp3) is 1.00. The molecule has 0 saturated carbocycles. The Labute approximate surface area is 84.1 Å². The van der Waals surface area contributed by atoms with Crippen molar-refractivity contribution in [3.05, 3.63) is 0 Å². The van der Waals surface area contributed by atoms with E-state index in [4.69, 9.17) is 5.73 Å². The van der Waals surface area contributed by atoms with Crippen LogP contribution in [0.2, 0.25) is 0 Å². The van der Waals surface area contributed by atoms with Gasteiger partial charge in [-0.1, -0.05) is 47.0 Å². The van der Waals surface area contributed by atoms with Crippen LogP contribution in [-0.4, -0.2) is 6.54 Å². The van der Waals surface area contributed by atoms with E-state index in [0.29, 0.717) is 5.41 Å². The second-order valence-corrected chi connectivity index (χ2v) is 4.92. The zero-order valence-corrected chi connectivity index (χ0v) is 9.90. The summed E-state index contributed by atoms with van der Waals surface area (Å²) in [5.41, 5.74) is 6.00. The Kier molecular flexibility index (Phi) is 6.40. The normalized spacial score (nSPS) is 14.5. The molecule has 0 aromatic rings. The van der Waals surface area contributed by atoms with Gasteiger partial charge in [-0.05, 0) is 30.7 Å². The average molecular weight is 185 g/mol. The molecule has 0 fully saturated rings. The molecule has 0 aromatic carbocycles. The second-order valence-electron chi connectivity index (χ2n) is 4.92. The second kappa shape index (κ2) is 6.42. The van der Waals surface area contributed by atoms with E-state index in [9.17, 15) is 0 Å². The average Bonchev–Trinajstić information content (AvgIpc) is 2.04. The standard InChI is InChI=1S/C12H27N/c1-5-9-12(3,4)11(2)8-6-7-10-13/h11H,5-10,13H2,1-4H3/t11-/m1/s1. The van der Waals surface area contributed by atoms with E-state index in [1.165, 1.54) is 32.1 Å². The molecule has 2 N–H and O–H groups in total. The first-order chi connectivity index (χ1) is 6.04. The van der Waals surface area contributed by atoms with Gasteiger partial charge < -0.3 is 5.73 Å². The van der Waals surface area contributed by atoms with Crippen LogP contribution in [0.4, 0.5) is 0 Å². The van der Waals surface area contributed by atoms with Gasteiger partial charge in [-0.15, -0.1) is 0 Å². The topological polar surface area (TPSA) is 26.0 Å². The molecule has 13 heavy (non-hydrogen) atoms. The number of hydrogen-bond donors (Lipinski definition) is 1. The molecule has 0 bridgehead atoms. The van der Waals surface area contributed by atoms with Crippen LogP contribution in [0.15, 0.2) is 0 Å². The Morgan fingerprint density at radius 1 is 1.23 bits per heavy atom. The molecule has 0 spiro atoms. The summed E-state index contributed by atoms with van der Waals surface area (Å²) in [5, 5.41) is 0. The molecule has 0 unspecified atom stereocenters. The fourth-order valence-corrected chi connectivity index (χ4v) is 1.88. The molecule has 0 aliphatic carbocycles. The Bertz CT molecular complexity index is 118. The smallest absolute Gasteiger partial charge is 0.00773 e. The third-order valence-corrected chi connectivity index (χ3v) is 3.32. The molecule has 0 rings (SSSR count). The van der Waals surface area contributed by atoms with Crippen molar-refractivity contribution in [2.75, 3.05) is 6.54 Å². The van der Waals surface area contributed by atoms with Crippen molar-refractivity contribution in [2.24, 2.45) is 17.1 Å². The molecule has 0 radical (unpaired) electrons. The third kappa shape index (κ3) is 5.30. The summed E-state index contributed by atoms with van der Waals surface area (Å²) >= 11 is 0. The van der Waals surface area contributed by atoms with E-state index in [1.54, 1.807) is 0 Å². The first kappa shape index (κ1) is 13.0. The Hall–Kier alpha value is -0.0400. The summed E-state index contributed by atoms with van der Waals surface area (Å²) < 4.78 is 0. The number of unbranched alkanes of at least 4 members (excludes halogenated alkanes) is 1. The summed E-state index contributed by atoms with van der Waals surface area (Å²) in [6, 6.07) is 0. The van der Waals surface area contributed by atoms with Crippen molar-refractivity contribution >= 4 is 0 Å². The van der Waals surface area contributed by atoms with Crippen LogP contribution >= 0.6 is 0 Å². The molecule has 0 aromatic heterocycles. The predicted octanol–water partition coefficient (Wildman–Crippen LogP) is 3.58. The van der Waals surface area contributed by atoms with E-state index < -0.39 is 0 Å². The monoisotopic (exact) mass is 185 g/mol. The molecular formula is C12H27N. The van der Waals surface area contributed by atoms with Crippen LogP contribution in [0.5, 0.6) is 0 Å². The van der Waals surface area contributed by atoms with Crippen molar-refractivity contribution in [3.63, 3.8) is 0 Å². The highest BCUT2D eigenvalue weighted by atomic mass is 14.5. The molecule has 0 saturated heterocycles. The van der Waals surface area contributed by atoms with E-state index >= 15 is 0 Å². The van der Waals surface area contributed by atoms with Crippen molar-refractivity contribution in [3.8, 4) is 0 Å². The summed E-state index contributed by atoms with van der Waals surface area (Å²) in [6.45, 7) is 10.3. The Morgan fingerprint density at radius 2 is 1.85 bits per heavy atom. The van der Waals surface area contributed by atoms with Crippen molar-refractivity contribution in [2.45, 2.75) is 59.8 Å². The Morgan fingerprint density at radius 3 is 2.31 bits per heavy atom. The molecule has 0 heterocycles. The zero-order valence-electron chi connectivity index (χ0n) is 9.90. The highest BCUT2D eigenvalue weighted by molar-refractivity contribution is 4.74. The first-order valence-corrected chi connectivity index (χ1v) is 5.74. The van der Waals surface area contributed by atoms with Gasteiger partial charge in [0, 0.05) is 0 Å². The molecule has 1 nitrogen and oxygen atoms in total. The van der Waals surface area contributed by atoms with Gasteiger partial charge in [0.15, 0.2) is 0 Å². The number of nitrogens with two attached hydrogens (primary N) is 1. The van der Waals surface area contributed by atoms with Gasteiger partial charge in [0.2, 0.25) is 0 Å². The molecule has 1 heteroatoms. The zero-order chi connectivity index (χ0) is 10.3. The van der Waals surface area contributed by atoms with Gasteiger partial charge in [-0.2, -0.15) is 0 Å². The van der Waals surface area contributed by atoms with Crippen LogP contribution in [0.3, 0.4) is 0 Å². The van der Waals surface area contributed by atoms with Gasteiger partial charge >= 0.3 is 0 Å². The summed E-state index contributed by atoms with van der Waals surface area (Å²) in [5.74, 6) is 0.832. The lowest BCUT2D eigenvalue weighted by molar-refractivity contribution is 0.195. The van der Waals surface area contributed by atoms with Crippen molar-refractivity contribution in [1.82, 2.24) is 0 Å². The lowest BCUT2D eigenvalue weighted by Crippen LogP contribution is -2.21. The van der Waals surface area contributed by atoms with Gasteiger partial charge in [0.05, 0.1) is 0 Å². The highest BCUT2D eigenvalue weighted by Crippen LogP contribution is 2.34. The lowest BCUT2D eigenvalue weighted by atomic mass is 9.74. The van der Waals surface area contributed by atoms with Crippen LogP contribution in [-0.2, 0) is 0 Å². The van der Waals surface area contributed by atoms with Gasteiger partial charge in [0.25, 0.3) is 0 Å². The predicted molar refractivity (Wildman–Crippen MR) is 60.8 cm³/mol. The maximum Gasteiger partial charge on any atom is -0.00773 e. The summed E-state index contributed by atoms with van der Waals surface area (Å²) in [6.07, 6.45) is 6.46. The van der Waals surface area contributed by atoms with Gasteiger partial charge in [0.1, 0.15) is 0 Å². The summed E-state index contributed by atoms with van der Waals surface area (Å²) in [4.78, 5) is 0. The van der Waals surface area contributed by atoms with E-state index in [0.717, 1.165) is 12.5 Å². The van der Waals surface area contributed by atoms with Crippen LogP contribution < -0.4 is 5.73 Å². The largest absolute Gasteiger partial charge is 0.330 e. The number of rotatable bonds is 7. The molecular weight excluding hydrogens is 158 g/mol. The lowest BCUT2D eigenvalue weighted by Gasteiger charge is -2.31. The number of hydrogen-bond acceptors (Lipinski definition) is 1. The maximum absolute atomic E-state index is 5.48. The van der Waals surface area contributed by atoms with Crippen LogP contribution in [0.1, 0.15) is 59.8 Å². The van der Waals surface area contributed by atoms with Crippen LogP contribution in [0, 0.1) is 11.3 Å². The minimum absolute atomic E-state index is 0.517. The first-order valence-electron chi connectivity index (χ1n) is 5.74. The molecule has 1 atom stereocenters. The third-order valence-electron chi connectivity index (χ3n) is 3.32. The molecule has 0 amide bonds. The van der Waals surface area contributed by atoms with Gasteiger partial charge in [-0.3, -0.25) is 0 Å². The summed E-state index contributed by atoms with van der Waals surface area (Å²) in [7, 11) is 0. The maximum atomic E-state index is 5.48. The minimum atomic E-state index is 0.517. The van der Waals surface area contributed by atoms with Crippen molar-refractivity contribution < 1.29 is 0 Å². The molecule has 0 aliphatic heterocycles. The molecule has 0 aliphatic rings.